The van der Waals surface area contributed by atoms with Gasteiger partial charge in [-0.05, 0) is 42.8 Å². The molecule has 112 valence electrons. The Morgan fingerprint density at radius 2 is 2.19 bits per heavy atom. The van der Waals surface area contributed by atoms with E-state index in [0.29, 0.717) is 22.5 Å². The first-order valence-electron chi connectivity index (χ1n) is 6.52. The van der Waals surface area contributed by atoms with Gasteiger partial charge in [0.05, 0.1) is 10.2 Å². The molecule has 1 aromatic heterocycles. The fraction of sp³-hybridized carbons (Fsp3) is 0.357. The van der Waals surface area contributed by atoms with Crippen molar-refractivity contribution in [1.29, 1.82) is 0 Å². The molecule has 0 aliphatic carbocycles. The zero-order valence-corrected chi connectivity index (χ0v) is 14.4. The molecule has 1 heterocycles. The number of amides is 1. The van der Waals surface area contributed by atoms with Crippen molar-refractivity contribution < 1.29 is 4.79 Å². The van der Waals surface area contributed by atoms with E-state index in [4.69, 9.17) is 23.8 Å². The second kappa shape index (κ2) is 6.68. The molecule has 0 saturated carbocycles. The molecule has 4 nitrogen and oxygen atoms in total. The van der Waals surface area contributed by atoms with Gasteiger partial charge in [-0.1, -0.05) is 36.8 Å². The second-order valence-electron chi connectivity index (χ2n) is 5.19. The van der Waals surface area contributed by atoms with E-state index in [-0.39, 0.29) is 11.0 Å². The van der Waals surface area contributed by atoms with Gasteiger partial charge in [0.25, 0.3) is 0 Å². The van der Waals surface area contributed by atoms with Gasteiger partial charge in [-0.25, -0.2) is 4.98 Å². The molecule has 0 saturated heterocycles. The van der Waals surface area contributed by atoms with Gasteiger partial charge in [-0.15, -0.1) is 0 Å². The Kier molecular flexibility index (Phi) is 5.13. The zero-order valence-electron chi connectivity index (χ0n) is 12.0. The highest BCUT2D eigenvalue weighted by Crippen LogP contribution is 2.30. The Labute approximate surface area is 137 Å². The van der Waals surface area contributed by atoms with Crippen molar-refractivity contribution in [2.75, 3.05) is 5.32 Å². The molecule has 0 fully saturated rings. The van der Waals surface area contributed by atoms with Crippen LogP contribution in [0.3, 0.4) is 0 Å². The van der Waals surface area contributed by atoms with Crippen LogP contribution in [0.1, 0.15) is 25.8 Å². The van der Waals surface area contributed by atoms with Gasteiger partial charge < -0.3 is 10.6 Å². The second-order valence-corrected chi connectivity index (χ2v) is 7.03. The minimum absolute atomic E-state index is 0.0949. The van der Waals surface area contributed by atoms with E-state index in [1.54, 1.807) is 0 Å². The number of halogens is 1. The summed E-state index contributed by atoms with van der Waals surface area (Å²) in [4.78, 5) is 16.0. The summed E-state index contributed by atoms with van der Waals surface area (Å²) in [6, 6.07) is 3.81. The van der Waals surface area contributed by atoms with Crippen molar-refractivity contribution >= 4 is 61.5 Å². The van der Waals surface area contributed by atoms with Gasteiger partial charge in [0.15, 0.2) is 10.2 Å². The van der Waals surface area contributed by atoms with Crippen LogP contribution in [0.25, 0.3) is 10.2 Å². The highest BCUT2D eigenvalue weighted by molar-refractivity contribution is 7.80. The number of thiocarbonyl (C=S) groups is 1. The predicted octanol–water partition coefficient (Wildman–Crippen LogP) is 4.12. The number of rotatable bonds is 3. The maximum atomic E-state index is 11.6. The fourth-order valence-corrected chi connectivity index (χ4v) is 3.16. The third-order valence-electron chi connectivity index (χ3n) is 2.74. The van der Waals surface area contributed by atoms with Gasteiger partial charge in [0.2, 0.25) is 5.91 Å². The number of hydrogen-bond donors (Lipinski definition) is 2. The molecular formula is C14H16ClN3OS2. The van der Waals surface area contributed by atoms with E-state index in [9.17, 15) is 4.79 Å². The van der Waals surface area contributed by atoms with E-state index in [1.807, 2.05) is 32.9 Å². The van der Waals surface area contributed by atoms with E-state index in [2.05, 4.69) is 15.6 Å². The largest absolute Gasteiger partial charge is 0.308 e. The third kappa shape index (κ3) is 4.36. The van der Waals surface area contributed by atoms with Crippen LogP contribution in [0.4, 0.5) is 5.13 Å². The molecule has 0 spiro atoms. The zero-order chi connectivity index (χ0) is 15.6. The van der Waals surface area contributed by atoms with Crippen LogP contribution in [0.2, 0.25) is 5.02 Å². The lowest BCUT2D eigenvalue weighted by atomic mass is 10.1. The molecule has 0 atom stereocenters. The number of nitrogens with one attached hydrogen (secondary N) is 2. The minimum atomic E-state index is -0.0949. The lowest BCUT2D eigenvalue weighted by Crippen LogP contribution is -2.34. The van der Waals surface area contributed by atoms with Gasteiger partial charge >= 0.3 is 0 Å². The van der Waals surface area contributed by atoms with Gasteiger partial charge in [-0.2, -0.15) is 0 Å². The fourth-order valence-electron chi connectivity index (χ4n) is 1.78. The molecule has 0 unspecified atom stereocenters. The van der Waals surface area contributed by atoms with Crippen LogP contribution >= 0.6 is 35.2 Å². The molecule has 2 rings (SSSR count). The van der Waals surface area contributed by atoms with Crippen LogP contribution in [-0.2, 0) is 4.79 Å². The van der Waals surface area contributed by atoms with Crippen LogP contribution in [0, 0.1) is 12.8 Å². The first-order valence-corrected chi connectivity index (χ1v) is 8.13. The number of aryl methyl sites for hydroxylation is 1. The van der Waals surface area contributed by atoms with Crippen LogP contribution in [0.5, 0.6) is 0 Å². The molecule has 0 aliphatic heterocycles. The van der Waals surface area contributed by atoms with E-state index in [1.165, 1.54) is 11.3 Å². The van der Waals surface area contributed by atoms with Gasteiger partial charge in [0.1, 0.15) is 0 Å². The van der Waals surface area contributed by atoms with Gasteiger partial charge in [0, 0.05) is 11.4 Å². The number of benzene rings is 1. The number of thiazole rings is 1. The molecular weight excluding hydrogens is 326 g/mol. The average molecular weight is 342 g/mol. The quantitative estimate of drug-likeness (QED) is 0.825. The molecule has 21 heavy (non-hydrogen) atoms. The minimum Gasteiger partial charge on any atom is -0.308 e. The molecule has 2 aromatic rings. The number of nitrogens with zero attached hydrogens (tertiary/aromatic N) is 1. The summed E-state index contributed by atoms with van der Waals surface area (Å²) in [5.41, 5.74) is 1.82. The van der Waals surface area contributed by atoms with Gasteiger partial charge in [-0.3, -0.25) is 4.79 Å². The standard InChI is InChI=1S/C14H16ClN3OS2/c1-7(2)4-12(19)17-13(20)18-14-16-10-6-9(15)8(3)5-11(10)21-14/h5-7H,4H2,1-3H3,(H2,16,17,18,19,20). The maximum absolute atomic E-state index is 11.6. The summed E-state index contributed by atoms with van der Waals surface area (Å²) < 4.78 is 1.02. The first-order chi connectivity index (χ1) is 9.85. The summed E-state index contributed by atoms with van der Waals surface area (Å²) >= 11 is 12.7. The maximum Gasteiger partial charge on any atom is 0.226 e. The average Bonchev–Trinajstić information content (AvgIpc) is 2.69. The van der Waals surface area contributed by atoms with Crippen molar-refractivity contribution in [3.63, 3.8) is 0 Å². The SMILES string of the molecule is Cc1cc2sc(NC(=S)NC(=O)CC(C)C)nc2cc1Cl. The number of carbonyl (C=O) groups is 1. The number of aromatic nitrogens is 1. The van der Waals surface area contributed by atoms with Crippen molar-refractivity contribution in [3.05, 3.63) is 22.7 Å². The molecule has 7 heteroatoms. The van der Waals surface area contributed by atoms with Crippen molar-refractivity contribution in [2.24, 2.45) is 5.92 Å². The smallest absolute Gasteiger partial charge is 0.226 e. The molecule has 1 amide bonds. The van der Waals surface area contributed by atoms with E-state index < -0.39 is 0 Å². The highest BCUT2D eigenvalue weighted by Gasteiger charge is 2.10. The Balaban J connectivity index is 2.06. The lowest BCUT2D eigenvalue weighted by Gasteiger charge is -2.08. The predicted molar refractivity (Wildman–Crippen MR) is 93.2 cm³/mol. The number of anilines is 1. The highest BCUT2D eigenvalue weighted by atomic mass is 35.5. The molecule has 0 bridgehead atoms. The lowest BCUT2D eigenvalue weighted by molar-refractivity contribution is -0.120. The van der Waals surface area contributed by atoms with Crippen LogP contribution in [-0.4, -0.2) is 16.0 Å². The third-order valence-corrected chi connectivity index (χ3v) is 4.28. The van der Waals surface area contributed by atoms with Crippen molar-refractivity contribution in [3.8, 4) is 0 Å². The van der Waals surface area contributed by atoms with E-state index >= 15 is 0 Å². The van der Waals surface area contributed by atoms with Crippen molar-refractivity contribution in [1.82, 2.24) is 10.3 Å². The van der Waals surface area contributed by atoms with Crippen LogP contribution in [0.15, 0.2) is 12.1 Å². The Morgan fingerprint density at radius 1 is 1.48 bits per heavy atom. The Morgan fingerprint density at radius 3 is 2.86 bits per heavy atom. The topological polar surface area (TPSA) is 54.0 Å². The molecule has 1 aromatic carbocycles. The van der Waals surface area contributed by atoms with E-state index in [0.717, 1.165) is 15.8 Å². The monoisotopic (exact) mass is 341 g/mol. The molecule has 0 aliphatic rings. The summed E-state index contributed by atoms with van der Waals surface area (Å²) in [5, 5.41) is 7.18. The first kappa shape index (κ1) is 16.1. The summed E-state index contributed by atoms with van der Waals surface area (Å²) in [5.74, 6) is 0.197. The summed E-state index contributed by atoms with van der Waals surface area (Å²) in [6.45, 7) is 5.91. The molecule has 0 radical (unpaired) electrons. The summed E-state index contributed by atoms with van der Waals surface area (Å²) in [6.07, 6.45) is 0.441. The normalized spacial score (nSPS) is 10.9. The Hall–Kier alpha value is -1.24. The number of carbonyl (C=O) groups excluding carboxylic acids is 1. The number of hydrogen-bond acceptors (Lipinski definition) is 4. The number of fused-ring (bicyclic) bond motifs is 1. The molecule has 2 N–H and O–H groups in total. The van der Waals surface area contributed by atoms with Crippen LogP contribution < -0.4 is 10.6 Å². The van der Waals surface area contributed by atoms with Crippen molar-refractivity contribution in [2.45, 2.75) is 27.2 Å². The summed E-state index contributed by atoms with van der Waals surface area (Å²) in [7, 11) is 0. The Bertz CT molecular complexity index is 658.